The third-order valence-corrected chi connectivity index (χ3v) is 10.3. The number of hydrogen-bond donors (Lipinski definition) is 6. The van der Waals surface area contributed by atoms with Crippen LogP contribution in [0.2, 0.25) is 0 Å². The standard InChI is InChI=1S/C44H73O13P/c1-3-5-7-9-11-13-15-17-18-19-20-21-23-25-27-29-31-33-38(46)56-36(34-54-37(45)32-30-28-26-24-22-16-14-12-10-8-6-4-2)35-55-58(52,53)57-44-42(50)40(48)39(47)41(49)43(44)51/h5,7,11-14,17-18,20-21,25,27,36,39-44,47-51H,3-4,6,8-10,15-16,19,22-24,26,28-35H2,1-2H3,(H,52,53)/b7-5-,13-11-,14-12-,18-17-,21-20-,27-25-/t36-,39?,40-,41?,42?,43?,44?/m1/s1. The summed E-state index contributed by atoms with van der Waals surface area (Å²) in [7, 11) is -5.13. The molecule has 58 heavy (non-hydrogen) atoms. The van der Waals surface area contributed by atoms with Crippen LogP contribution < -0.4 is 0 Å². The van der Waals surface area contributed by atoms with Crippen LogP contribution in [0.15, 0.2) is 72.9 Å². The Morgan fingerprint density at radius 2 is 1.00 bits per heavy atom. The van der Waals surface area contributed by atoms with Gasteiger partial charge in [-0.25, -0.2) is 4.57 Å². The van der Waals surface area contributed by atoms with Gasteiger partial charge in [0.05, 0.1) is 6.61 Å². The van der Waals surface area contributed by atoms with Gasteiger partial charge in [-0.3, -0.25) is 18.6 Å². The first-order valence-corrected chi connectivity index (χ1v) is 22.7. The molecule has 14 heteroatoms. The Balaban J connectivity index is 2.56. The molecule has 1 aliphatic rings. The minimum atomic E-state index is -5.13. The van der Waals surface area contributed by atoms with Gasteiger partial charge < -0.3 is 39.9 Å². The molecule has 1 aliphatic carbocycles. The highest BCUT2D eigenvalue weighted by molar-refractivity contribution is 7.47. The molecular weight excluding hydrogens is 767 g/mol. The Kier molecular flexibility index (Phi) is 31.3. The molecule has 0 radical (unpaired) electrons. The first kappa shape index (κ1) is 53.3. The van der Waals surface area contributed by atoms with Gasteiger partial charge in [-0.15, -0.1) is 0 Å². The SMILES string of the molecule is CC/C=C\C/C=C\C/C=C\C/C=C\C/C=C\CCCC(=O)O[C@H](COC(=O)CCCCCCC/C=C\CCCCC)COP(=O)(O)OC1C(O)C(O)C(O)[C@@H](O)C1O. The number of hydrogen-bond acceptors (Lipinski definition) is 12. The quantitative estimate of drug-likeness (QED) is 0.0163. The molecule has 0 bridgehead atoms. The smallest absolute Gasteiger partial charge is 0.462 e. The molecule has 0 saturated heterocycles. The third kappa shape index (κ3) is 26.4. The Morgan fingerprint density at radius 1 is 0.552 bits per heavy atom. The van der Waals surface area contributed by atoms with Crippen LogP contribution in [0.4, 0.5) is 0 Å². The van der Waals surface area contributed by atoms with E-state index in [4.69, 9.17) is 18.5 Å². The molecule has 0 spiro atoms. The Morgan fingerprint density at radius 3 is 1.57 bits per heavy atom. The van der Waals surface area contributed by atoms with Gasteiger partial charge in [0.1, 0.15) is 43.2 Å². The van der Waals surface area contributed by atoms with Gasteiger partial charge in [0.2, 0.25) is 0 Å². The van der Waals surface area contributed by atoms with Gasteiger partial charge in [-0.1, -0.05) is 119 Å². The zero-order valence-corrected chi connectivity index (χ0v) is 35.7. The van der Waals surface area contributed by atoms with E-state index in [0.29, 0.717) is 19.3 Å². The van der Waals surface area contributed by atoms with Gasteiger partial charge in [0.25, 0.3) is 0 Å². The summed E-state index contributed by atoms with van der Waals surface area (Å²) in [6.45, 7) is 3.07. The second-order valence-corrected chi connectivity index (χ2v) is 15.9. The second-order valence-electron chi connectivity index (χ2n) is 14.5. The maximum Gasteiger partial charge on any atom is 0.472 e. The lowest BCUT2D eigenvalue weighted by Gasteiger charge is -2.41. The van der Waals surface area contributed by atoms with Crippen molar-refractivity contribution in [1.29, 1.82) is 0 Å². The normalized spacial score (nSPS) is 23.2. The topological polar surface area (TPSA) is 210 Å². The number of unbranched alkanes of at least 4 members (excludes halogenated alkanes) is 9. The monoisotopic (exact) mass is 840 g/mol. The largest absolute Gasteiger partial charge is 0.472 e. The van der Waals surface area contributed by atoms with E-state index >= 15 is 0 Å². The van der Waals surface area contributed by atoms with E-state index in [9.17, 15) is 44.6 Å². The van der Waals surface area contributed by atoms with Crippen molar-refractivity contribution in [3.8, 4) is 0 Å². The summed E-state index contributed by atoms with van der Waals surface area (Å²) < 4.78 is 33.3. The summed E-state index contributed by atoms with van der Waals surface area (Å²) >= 11 is 0. The van der Waals surface area contributed by atoms with E-state index in [0.717, 1.165) is 70.6 Å². The number of phosphoric ester groups is 1. The van der Waals surface area contributed by atoms with E-state index in [2.05, 4.69) is 74.6 Å². The minimum absolute atomic E-state index is 0.0131. The molecule has 0 aromatic carbocycles. The van der Waals surface area contributed by atoms with E-state index in [-0.39, 0.29) is 12.8 Å². The molecule has 8 atom stereocenters. The molecule has 6 unspecified atom stereocenters. The van der Waals surface area contributed by atoms with E-state index in [1.807, 2.05) is 12.2 Å². The predicted octanol–water partition coefficient (Wildman–Crippen LogP) is 7.55. The minimum Gasteiger partial charge on any atom is -0.462 e. The maximum atomic E-state index is 12.8. The fraction of sp³-hybridized carbons (Fsp3) is 0.682. The summed E-state index contributed by atoms with van der Waals surface area (Å²) in [5.74, 6) is -1.19. The van der Waals surface area contributed by atoms with Crippen LogP contribution in [-0.4, -0.2) is 98.3 Å². The first-order chi connectivity index (χ1) is 27.9. The average molecular weight is 841 g/mol. The van der Waals surface area contributed by atoms with E-state index in [1.54, 1.807) is 0 Å². The van der Waals surface area contributed by atoms with Crippen molar-refractivity contribution in [2.75, 3.05) is 13.2 Å². The van der Waals surface area contributed by atoms with Gasteiger partial charge in [0, 0.05) is 12.8 Å². The van der Waals surface area contributed by atoms with Crippen molar-refractivity contribution in [2.45, 2.75) is 179 Å². The van der Waals surface area contributed by atoms with Crippen molar-refractivity contribution >= 4 is 19.8 Å². The highest BCUT2D eigenvalue weighted by Gasteiger charge is 2.51. The predicted molar refractivity (Wildman–Crippen MR) is 225 cm³/mol. The fourth-order valence-corrected chi connectivity index (χ4v) is 6.82. The van der Waals surface area contributed by atoms with E-state index < -0.39 is 75.7 Å². The number of carbonyl (C=O) groups is 2. The Hall–Kier alpha value is -2.71. The number of ether oxygens (including phenoxy) is 2. The van der Waals surface area contributed by atoms with Crippen molar-refractivity contribution in [1.82, 2.24) is 0 Å². The molecule has 332 valence electrons. The molecule has 0 aliphatic heterocycles. The van der Waals surface area contributed by atoms with E-state index in [1.165, 1.54) is 19.3 Å². The zero-order valence-electron chi connectivity index (χ0n) is 34.8. The van der Waals surface area contributed by atoms with Crippen LogP contribution in [0, 0.1) is 0 Å². The van der Waals surface area contributed by atoms with Gasteiger partial charge >= 0.3 is 19.8 Å². The van der Waals surface area contributed by atoms with Gasteiger partial charge in [-0.05, 0) is 77.0 Å². The average Bonchev–Trinajstić information content (AvgIpc) is 3.20. The maximum absolute atomic E-state index is 12.8. The number of aliphatic hydroxyl groups is 5. The molecule has 13 nitrogen and oxygen atoms in total. The lowest BCUT2D eigenvalue weighted by atomic mass is 9.85. The lowest BCUT2D eigenvalue weighted by Crippen LogP contribution is -2.64. The zero-order chi connectivity index (χ0) is 42.9. The van der Waals surface area contributed by atoms with Crippen molar-refractivity contribution in [3.05, 3.63) is 72.9 Å². The molecule has 1 fully saturated rings. The van der Waals surface area contributed by atoms with Crippen LogP contribution >= 0.6 is 7.82 Å². The summed E-state index contributed by atoms with van der Waals surface area (Å²) in [5.41, 5.74) is 0. The summed E-state index contributed by atoms with van der Waals surface area (Å²) in [6, 6.07) is 0. The van der Waals surface area contributed by atoms with Crippen LogP contribution in [0.1, 0.15) is 136 Å². The van der Waals surface area contributed by atoms with Crippen molar-refractivity contribution in [2.24, 2.45) is 0 Å². The summed E-state index contributed by atoms with van der Waals surface area (Å²) in [4.78, 5) is 35.5. The molecule has 6 N–H and O–H groups in total. The third-order valence-electron chi connectivity index (χ3n) is 9.28. The lowest BCUT2D eigenvalue weighted by molar-refractivity contribution is -0.220. The number of aliphatic hydroxyl groups excluding tert-OH is 5. The second kappa shape index (κ2) is 34.0. The van der Waals surface area contributed by atoms with Crippen LogP contribution in [-0.2, 0) is 32.7 Å². The molecule has 1 saturated carbocycles. The fourth-order valence-electron chi connectivity index (χ4n) is 5.84. The summed E-state index contributed by atoms with van der Waals surface area (Å²) in [5, 5.41) is 50.0. The first-order valence-electron chi connectivity index (χ1n) is 21.2. The highest BCUT2D eigenvalue weighted by Crippen LogP contribution is 2.47. The Labute approximate surface area is 346 Å². The molecule has 0 aromatic rings. The van der Waals surface area contributed by atoms with Crippen LogP contribution in [0.25, 0.3) is 0 Å². The molecule has 1 rings (SSSR count). The van der Waals surface area contributed by atoms with Crippen LogP contribution in [0.3, 0.4) is 0 Å². The van der Waals surface area contributed by atoms with Crippen LogP contribution in [0.5, 0.6) is 0 Å². The number of rotatable bonds is 33. The van der Waals surface area contributed by atoms with Gasteiger partial charge in [0.15, 0.2) is 6.10 Å². The van der Waals surface area contributed by atoms with Crippen molar-refractivity contribution < 1.29 is 63.1 Å². The molecule has 0 amide bonds. The molecule has 0 aromatic heterocycles. The summed E-state index contributed by atoms with van der Waals surface area (Å²) in [6.07, 6.45) is 28.3. The molecule has 0 heterocycles. The number of phosphoric acid groups is 1. The number of carbonyl (C=O) groups excluding carboxylic acids is 2. The number of allylic oxidation sites excluding steroid dienone is 12. The molecular formula is C44H73O13P. The van der Waals surface area contributed by atoms with Gasteiger partial charge in [-0.2, -0.15) is 0 Å². The Bertz CT molecular complexity index is 1290. The highest BCUT2D eigenvalue weighted by atomic mass is 31.2. The van der Waals surface area contributed by atoms with Crippen molar-refractivity contribution in [3.63, 3.8) is 0 Å². The number of esters is 2.